The van der Waals surface area contributed by atoms with Gasteiger partial charge in [-0.3, -0.25) is 4.79 Å². The van der Waals surface area contributed by atoms with Gasteiger partial charge >= 0.3 is 0 Å². The molecule has 0 aliphatic heterocycles. The summed E-state index contributed by atoms with van der Waals surface area (Å²) in [6, 6.07) is 3.58. The monoisotopic (exact) mass is 253 g/mol. The zero-order valence-corrected chi connectivity index (χ0v) is 9.85. The molecule has 88 valence electrons. The van der Waals surface area contributed by atoms with E-state index in [4.69, 9.17) is 0 Å². The van der Waals surface area contributed by atoms with E-state index in [0.29, 0.717) is 5.69 Å². The van der Waals surface area contributed by atoms with E-state index in [1.165, 1.54) is 23.5 Å². The van der Waals surface area contributed by atoms with Crippen LogP contribution in [-0.2, 0) is 6.42 Å². The number of thiazole rings is 1. The van der Waals surface area contributed by atoms with Crippen molar-refractivity contribution in [3.63, 3.8) is 0 Å². The third-order valence-electron chi connectivity index (χ3n) is 2.26. The summed E-state index contributed by atoms with van der Waals surface area (Å²) in [5, 5.41) is 2.58. The molecule has 5 heteroatoms. The Hall–Kier alpha value is -1.62. The number of ketones is 1. The molecule has 17 heavy (non-hydrogen) atoms. The normalized spacial score (nSPS) is 10.5. The molecule has 0 spiro atoms. The maximum absolute atomic E-state index is 13.3. The number of nitrogens with zero attached hydrogens (tertiary/aromatic N) is 1. The Labute approximate surface area is 101 Å². The lowest BCUT2D eigenvalue weighted by Crippen LogP contribution is -2.07. The highest BCUT2D eigenvalue weighted by Gasteiger charge is 2.16. The van der Waals surface area contributed by atoms with E-state index >= 15 is 0 Å². The van der Waals surface area contributed by atoms with Crippen molar-refractivity contribution in [3.05, 3.63) is 51.5 Å². The van der Waals surface area contributed by atoms with E-state index in [9.17, 15) is 13.6 Å². The van der Waals surface area contributed by atoms with E-state index in [2.05, 4.69) is 4.98 Å². The molecule has 1 heterocycles. The van der Waals surface area contributed by atoms with Gasteiger partial charge in [-0.2, -0.15) is 0 Å². The minimum absolute atomic E-state index is 0.00921. The molecular weight excluding hydrogens is 244 g/mol. The van der Waals surface area contributed by atoms with Gasteiger partial charge < -0.3 is 0 Å². The molecule has 0 atom stereocenters. The molecule has 2 rings (SSSR count). The Morgan fingerprint density at radius 3 is 2.82 bits per heavy atom. The van der Waals surface area contributed by atoms with Crippen LogP contribution in [0.1, 0.15) is 21.1 Å². The molecule has 0 aliphatic rings. The molecule has 0 aliphatic carbocycles. The van der Waals surface area contributed by atoms with Crippen molar-refractivity contribution in [2.24, 2.45) is 0 Å². The zero-order valence-electron chi connectivity index (χ0n) is 9.04. The van der Waals surface area contributed by atoms with E-state index < -0.39 is 17.4 Å². The van der Waals surface area contributed by atoms with E-state index in [-0.39, 0.29) is 12.0 Å². The lowest BCUT2D eigenvalue weighted by Gasteiger charge is -2.01. The highest BCUT2D eigenvalue weighted by Crippen LogP contribution is 2.15. The van der Waals surface area contributed by atoms with Gasteiger partial charge in [-0.1, -0.05) is 6.07 Å². The first kappa shape index (κ1) is 11.9. The van der Waals surface area contributed by atoms with Gasteiger partial charge in [0.2, 0.25) is 0 Å². The van der Waals surface area contributed by atoms with Crippen LogP contribution in [0.3, 0.4) is 0 Å². The number of aromatic nitrogens is 1. The number of aryl methyl sites for hydroxylation is 1. The number of halogens is 2. The second kappa shape index (κ2) is 4.71. The van der Waals surface area contributed by atoms with Gasteiger partial charge in [0.05, 0.1) is 22.7 Å². The Morgan fingerprint density at radius 1 is 1.41 bits per heavy atom. The fourth-order valence-electron chi connectivity index (χ4n) is 1.47. The van der Waals surface area contributed by atoms with Gasteiger partial charge in [0.15, 0.2) is 17.4 Å². The Morgan fingerprint density at radius 2 is 2.18 bits per heavy atom. The smallest absolute Gasteiger partial charge is 0.171 e. The average molecular weight is 253 g/mol. The molecule has 0 unspecified atom stereocenters. The van der Waals surface area contributed by atoms with Crippen LogP contribution in [-0.4, -0.2) is 10.8 Å². The molecule has 0 bridgehead atoms. The molecule has 1 aromatic carbocycles. The van der Waals surface area contributed by atoms with Gasteiger partial charge in [-0.15, -0.1) is 11.3 Å². The summed E-state index contributed by atoms with van der Waals surface area (Å²) in [5.74, 6) is -2.57. The van der Waals surface area contributed by atoms with Crippen molar-refractivity contribution in [3.8, 4) is 0 Å². The second-order valence-corrected chi connectivity index (χ2v) is 4.62. The van der Waals surface area contributed by atoms with Crippen LogP contribution >= 0.6 is 11.3 Å². The summed E-state index contributed by atoms with van der Waals surface area (Å²) < 4.78 is 26.3. The number of carbonyl (C=O) groups is 1. The van der Waals surface area contributed by atoms with Crippen molar-refractivity contribution in [2.75, 3.05) is 0 Å². The van der Waals surface area contributed by atoms with Crippen molar-refractivity contribution in [1.29, 1.82) is 0 Å². The average Bonchev–Trinajstić information content (AvgIpc) is 2.68. The summed E-state index contributed by atoms with van der Waals surface area (Å²) in [7, 11) is 0. The quantitative estimate of drug-likeness (QED) is 0.786. The molecule has 0 radical (unpaired) electrons. The number of rotatable bonds is 3. The van der Waals surface area contributed by atoms with Crippen LogP contribution in [0.15, 0.2) is 23.6 Å². The first-order valence-electron chi connectivity index (χ1n) is 4.96. The fraction of sp³-hybridized carbons (Fsp3) is 0.167. The summed E-state index contributed by atoms with van der Waals surface area (Å²) in [6.07, 6.45) is -0.00921. The summed E-state index contributed by atoms with van der Waals surface area (Å²) >= 11 is 1.42. The molecule has 0 saturated heterocycles. The maximum atomic E-state index is 13.3. The van der Waals surface area contributed by atoms with Crippen LogP contribution in [0.2, 0.25) is 0 Å². The summed E-state index contributed by atoms with van der Waals surface area (Å²) in [6.45, 7) is 1.82. The topological polar surface area (TPSA) is 30.0 Å². The van der Waals surface area contributed by atoms with Crippen LogP contribution in [0.5, 0.6) is 0 Å². The molecule has 2 nitrogen and oxygen atoms in total. The van der Waals surface area contributed by atoms with Crippen molar-refractivity contribution >= 4 is 17.1 Å². The molecule has 0 N–H and O–H groups in total. The lowest BCUT2D eigenvalue weighted by molar-refractivity contribution is 0.0987. The third kappa shape index (κ3) is 2.55. The first-order valence-corrected chi connectivity index (χ1v) is 5.84. The number of hydrogen-bond donors (Lipinski definition) is 0. The number of benzene rings is 1. The van der Waals surface area contributed by atoms with Crippen LogP contribution in [0.4, 0.5) is 8.78 Å². The van der Waals surface area contributed by atoms with E-state index in [1.807, 2.05) is 6.92 Å². The molecule has 0 saturated carbocycles. The molecule has 2 aromatic rings. The predicted octanol–water partition coefficient (Wildman–Crippen LogP) is 3.16. The minimum atomic E-state index is -1.09. The highest BCUT2D eigenvalue weighted by atomic mass is 32.1. The Bertz CT molecular complexity index is 565. The standard InChI is InChI=1S/C12H9F2NOS/c1-7-15-8(6-17-7)5-11(16)9-3-2-4-10(13)12(9)14/h2-4,6H,5H2,1H3. The summed E-state index contributed by atoms with van der Waals surface area (Å²) in [5.41, 5.74) is 0.358. The van der Waals surface area contributed by atoms with Gasteiger partial charge in [-0.25, -0.2) is 13.8 Å². The van der Waals surface area contributed by atoms with E-state index in [0.717, 1.165) is 11.1 Å². The molecule has 0 fully saturated rings. The fourth-order valence-corrected chi connectivity index (χ4v) is 2.08. The minimum Gasteiger partial charge on any atom is -0.294 e. The van der Waals surface area contributed by atoms with Crippen LogP contribution < -0.4 is 0 Å². The van der Waals surface area contributed by atoms with Crippen LogP contribution in [0.25, 0.3) is 0 Å². The number of carbonyl (C=O) groups excluding carboxylic acids is 1. The van der Waals surface area contributed by atoms with Gasteiger partial charge in [0, 0.05) is 5.38 Å². The highest BCUT2D eigenvalue weighted by molar-refractivity contribution is 7.09. The third-order valence-corrected chi connectivity index (χ3v) is 3.08. The molecule has 0 amide bonds. The largest absolute Gasteiger partial charge is 0.294 e. The SMILES string of the molecule is Cc1nc(CC(=O)c2cccc(F)c2F)cs1. The van der Waals surface area contributed by atoms with Crippen molar-refractivity contribution in [2.45, 2.75) is 13.3 Å². The first-order chi connectivity index (χ1) is 8.08. The molecule has 1 aromatic heterocycles. The molecular formula is C12H9F2NOS. The predicted molar refractivity (Wildman–Crippen MR) is 61.2 cm³/mol. The second-order valence-electron chi connectivity index (χ2n) is 3.56. The lowest BCUT2D eigenvalue weighted by atomic mass is 10.1. The maximum Gasteiger partial charge on any atom is 0.171 e. The van der Waals surface area contributed by atoms with Crippen molar-refractivity contribution in [1.82, 2.24) is 4.98 Å². The van der Waals surface area contributed by atoms with Crippen LogP contribution in [0, 0.1) is 18.6 Å². The van der Waals surface area contributed by atoms with Gasteiger partial charge in [0.25, 0.3) is 0 Å². The van der Waals surface area contributed by atoms with E-state index in [1.54, 1.807) is 5.38 Å². The van der Waals surface area contributed by atoms with Gasteiger partial charge in [-0.05, 0) is 19.1 Å². The number of Topliss-reactive ketones (excluding diaryl/α,β-unsaturated/α-hetero) is 1. The Balaban J connectivity index is 2.23. The van der Waals surface area contributed by atoms with Crippen molar-refractivity contribution < 1.29 is 13.6 Å². The number of hydrogen-bond acceptors (Lipinski definition) is 3. The zero-order chi connectivity index (χ0) is 12.4. The Kier molecular flexibility index (Phi) is 3.28. The summed E-state index contributed by atoms with van der Waals surface area (Å²) in [4.78, 5) is 15.9. The van der Waals surface area contributed by atoms with Gasteiger partial charge in [0.1, 0.15) is 0 Å².